The van der Waals surface area contributed by atoms with Crippen LogP contribution < -0.4 is 5.32 Å². The Kier molecular flexibility index (Phi) is 3.59. The Bertz CT molecular complexity index is 533. The Morgan fingerprint density at radius 2 is 2.22 bits per heavy atom. The molecule has 96 valence electrons. The first-order valence-corrected chi connectivity index (χ1v) is 7.92. The van der Waals surface area contributed by atoms with Gasteiger partial charge in [-0.15, -0.1) is 11.3 Å². The summed E-state index contributed by atoms with van der Waals surface area (Å²) in [5.41, 5.74) is 0. The predicted octanol–water partition coefficient (Wildman–Crippen LogP) is 4.52. The maximum absolute atomic E-state index is 5.86. The lowest BCUT2D eigenvalue weighted by atomic mass is 10.3. The minimum absolute atomic E-state index is 0.671. The first kappa shape index (κ1) is 12.5. The molecule has 0 spiro atoms. The molecule has 2 unspecified atom stereocenters. The van der Waals surface area contributed by atoms with Gasteiger partial charge in [0.25, 0.3) is 0 Å². The van der Waals surface area contributed by atoms with Crippen molar-refractivity contribution in [1.29, 1.82) is 0 Å². The molecule has 2 aromatic rings. The van der Waals surface area contributed by atoms with Crippen LogP contribution in [0.25, 0.3) is 0 Å². The van der Waals surface area contributed by atoms with Gasteiger partial charge in [-0.3, -0.25) is 0 Å². The van der Waals surface area contributed by atoms with E-state index in [-0.39, 0.29) is 0 Å². The largest absolute Gasteiger partial charge is 0.464 e. The van der Waals surface area contributed by atoms with Crippen LogP contribution in [0.5, 0.6) is 0 Å². The third-order valence-corrected chi connectivity index (χ3v) is 5.36. The summed E-state index contributed by atoms with van der Waals surface area (Å²) >= 11 is 5.30. The Morgan fingerprint density at radius 3 is 2.89 bits per heavy atom. The van der Waals surface area contributed by atoms with Gasteiger partial charge in [0.15, 0.2) is 0 Å². The highest BCUT2D eigenvalue weighted by atomic mass is 79.9. The highest BCUT2D eigenvalue weighted by Gasteiger charge is 2.36. The fraction of sp³-hybridized carbons (Fsp3) is 0.429. The molecule has 2 nitrogen and oxygen atoms in total. The molecule has 18 heavy (non-hydrogen) atoms. The molecular formula is C14H16BrNOS. The van der Waals surface area contributed by atoms with E-state index in [0.29, 0.717) is 5.92 Å². The van der Waals surface area contributed by atoms with Gasteiger partial charge in [-0.05, 0) is 51.8 Å². The van der Waals surface area contributed by atoms with Gasteiger partial charge in [-0.25, -0.2) is 0 Å². The van der Waals surface area contributed by atoms with Gasteiger partial charge in [-0.2, -0.15) is 0 Å². The summed E-state index contributed by atoms with van der Waals surface area (Å²) in [6.45, 7) is 3.96. The first-order chi connectivity index (χ1) is 8.74. The Labute approximate surface area is 120 Å². The van der Waals surface area contributed by atoms with E-state index in [1.165, 1.54) is 15.8 Å². The number of rotatable bonds is 5. The van der Waals surface area contributed by atoms with Gasteiger partial charge in [0.2, 0.25) is 0 Å². The van der Waals surface area contributed by atoms with Crippen molar-refractivity contribution in [3.8, 4) is 0 Å². The van der Waals surface area contributed by atoms with Crippen LogP contribution in [0, 0.1) is 5.92 Å². The van der Waals surface area contributed by atoms with Gasteiger partial charge >= 0.3 is 0 Å². The fourth-order valence-corrected chi connectivity index (χ4v) is 3.62. The van der Waals surface area contributed by atoms with Crippen LogP contribution >= 0.6 is 27.3 Å². The van der Waals surface area contributed by atoms with Gasteiger partial charge in [0.05, 0.1) is 6.54 Å². The molecule has 0 amide bonds. The predicted molar refractivity (Wildman–Crippen MR) is 77.8 cm³/mol. The molecule has 0 bridgehead atoms. The minimum atomic E-state index is 0.671. The lowest BCUT2D eigenvalue weighted by Gasteiger charge is -2.01. The summed E-state index contributed by atoms with van der Waals surface area (Å²) in [6.07, 6.45) is 1.28. The summed E-state index contributed by atoms with van der Waals surface area (Å²) in [5, 5.41) is 5.51. The third kappa shape index (κ3) is 2.71. The van der Waals surface area contributed by atoms with Crippen LogP contribution in [0.15, 0.2) is 32.5 Å². The van der Waals surface area contributed by atoms with Crippen LogP contribution in [-0.4, -0.2) is 0 Å². The lowest BCUT2D eigenvalue weighted by Crippen LogP contribution is -2.11. The SMILES string of the molecule is CC1CC1c1ccc(CNCc2sccc2Br)o1. The first-order valence-electron chi connectivity index (χ1n) is 6.25. The summed E-state index contributed by atoms with van der Waals surface area (Å²) in [4.78, 5) is 1.33. The number of hydrogen-bond donors (Lipinski definition) is 1. The van der Waals surface area contributed by atoms with Crippen LogP contribution in [0.2, 0.25) is 0 Å². The van der Waals surface area contributed by atoms with E-state index in [4.69, 9.17) is 4.42 Å². The summed E-state index contributed by atoms with van der Waals surface area (Å²) in [7, 11) is 0. The van der Waals surface area contributed by atoms with Crippen LogP contribution in [0.1, 0.15) is 35.7 Å². The second kappa shape index (κ2) is 5.19. The monoisotopic (exact) mass is 325 g/mol. The Hall–Kier alpha value is -0.580. The van der Waals surface area contributed by atoms with Gasteiger partial charge in [0, 0.05) is 21.8 Å². The molecule has 0 radical (unpaired) electrons. The standard InChI is InChI=1S/C14H16BrNOS/c1-9-6-11(9)13-3-2-10(17-13)7-16-8-14-12(15)4-5-18-14/h2-5,9,11,16H,6-8H2,1H3. The van der Waals surface area contributed by atoms with E-state index >= 15 is 0 Å². The van der Waals surface area contributed by atoms with E-state index in [1.807, 2.05) is 0 Å². The highest BCUT2D eigenvalue weighted by molar-refractivity contribution is 9.10. The zero-order valence-electron chi connectivity index (χ0n) is 10.3. The molecule has 2 heterocycles. The third-order valence-electron chi connectivity index (χ3n) is 3.43. The average Bonchev–Trinajstić information content (AvgIpc) is 2.78. The number of thiophene rings is 1. The average molecular weight is 326 g/mol. The molecule has 2 atom stereocenters. The van der Waals surface area contributed by atoms with Crippen molar-refractivity contribution in [3.05, 3.63) is 44.4 Å². The normalized spacial score (nSPS) is 22.3. The van der Waals surface area contributed by atoms with E-state index < -0.39 is 0 Å². The van der Waals surface area contributed by atoms with E-state index in [1.54, 1.807) is 11.3 Å². The summed E-state index contributed by atoms with van der Waals surface area (Å²) in [5.74, 6) is 3.68. The number of nitrogens with one attached hydrogen (secondary N) is 1. The zero-order valence-corrected chi connectivity index (χ0v) is 12.7. The van der Waals surface area contributed by atoms with Crippen molar-refractivity contribution in [2.45, 2.75) is 32.4 Å². The maximum Gasteiger partial charge on any atom is 0.117 e. The smallest absolute Gasteiger partial charge is 0.117 e. The van der Waals surface area contributed by atoms with Crippen molar-refractivity contribution in [3.63, 3.8) is 0 Å². The molecule has 1 aliphatic carbocycles. The van der Waals surface area contributed by atoms with Crippen molar-refractivity contribution in [2.24, 2.45) is 5.92 Å². The highest BCUT2D eigenvalue weighted by Crippen LogP contribution is 2.47. The van der Waals surface area contributed by atoms with Crippen LogP contribution in [0.3, 0.4) is 0 Å². The van der Waals surface area contributed by atoms with E-state index in [9.17, 15) is 0 Å². The topological polar surface area (TPSA) is 25.2 Å². The molecule has 1 aliphatic rings. The minimum Gasteiger partial charge on any atom is -0.464 e. The van der Waals surface area contributed by atoms with Crippen molar-refractivity contribution < 1.29 is 4.42 Å². The van der Waals surface area contributed by atoms with Crippen molar-refractivity contribution in [1.82, 2.24) is 5.32 Å². The quantitative estimate of drug-likeness (QED) is 0.874. The molecule has 2 aromatic heterocycles. The summed E-state index contributed by atoms with van der Waals surface area (Å²) < 4.78 is 7.04. The van der Waals surface area contributed by atoms with E-state index in [0.717, 1.165) is 30.5 Å². The fourth-order valence-electron chi connectivity index (χ4n) is 2.16. The number of hydrogen-bond acceptors (Lipinski definition) is 3. The molecule has 1 fully saturated rings. The van der Waals surface area contributed by atoms with Gasteiger partial charge < -0.3 is 9.73 Å². The second-order valence-electron chi connectivity index (χ2n) is 4.92. The van der Waals surface area contributed by atoms with Crippen LogP contribution in [0.4, 0.5) is 0 Å². The van der Waals surface area contributed by atoms with Gasteiger partial charge in [-0.1, -0.05) is 6.92 Å². The number of halogens is 1. The molecule has 1 saturated carbocycles. The second-order valence-corrected chi connectivity index (χ2v) is 6.77. The Morgan fingerprint density at radius 1 is 1.39 bits per heavy atom. The van der Waals surface area contributed by atoms with Crippen LogP contribution in [-0.2, 0) is 13.1 Å². The van der Waals surface area contributed by atoms with Crippen molar-refractivity contribution >= 4 is 27.3 Å². The van der Waals surface area contributed by atoms with Gasteiger partial charge in [0.1, 0.15) is 11.5 Å². The summed E-state index contributed by atoms with van der Waals surface area (Å²) in [6, 6.07) is 6.31. The molecule has 0 aromatic carbocycles. The van der Waals surface area contributed by atoms with Crippen molar-refractivity contribution in [2.75, 3.05) is 0 Å². The molecule has 0 aliphatic heterocycles. The molecule has 0 saturated heterocycles. The molecule has 1 N–H and O–H groups in total. The zero-order chi connectivity index (χ0) is 12.5. The lowest BCUT2D eigenvalue weighted by molar-refractivity contribution is 0.444. The molecule has 4 heteroatoms. The molecular weight excluding hydrogens is 310 g/mol. The Balaban J connectivity index is 1.51. The molecule has 3 rings (SSSR count). The number of furan rings is 1. The van der Waals surface area contributed by atoms with E-state index in [2.05, 4.69) is 51.7 Å². The maximum atomic E-state index is 5.86.